The summed E-state index contributed by atoms with van der Waals surface area (Å²) in [6, 6.07) is 18.4. The van der Waals surface area contributed by atoms with Crippen molar-refractivity contribution in [1.82, 2.24) is 25.1 Å². The normalized spacial score (nSPS) is 12.0. The number of aromatic nitrogens is 4. The average molecular weight is 482 g/mol. The summed E-state index contributed by atoms with van der Waals surface area (Å²) < 4.78 is 4.28. The molecule has 0 saturated heterocycles. The monoisotopic (exact) mass is 481 g/mol. The Hall–Kier alpha value is -2.62. The summed E-state index contributed by atoms with van der Waals surface area (Å²) in [6.07, 6.45) is 1.67. The highest BCUT2D eigenvalue weighted by Crippen LogP contribution is 2.32. The number of amides is 1. The third-order valence-electron chi connectivity index (χ3n) is 4.65. The molecule has 0 radical (unpaired) electrons. The molecular formula is C23H23N5OS3. The SMILES string of the molecule is C=CCNC(=O)C(C)Sc1nnc(CSc2nc3ccccc3s2)n1Cc1ccccc1. The molecule has 0 aliphatic carbocycles. The van der Waals surface area contributed by atoms with E-state index in [0.717, 1.165) is 26.4 Å². The molecule has 32 heavy (non-hydrogen) atoms. The summed E-state index contributed by atoms with van der Waals surface area (Å²) in [5.74, 6) is 1.46. The second-order valence-corrected chi connectivity index (χ2v) is 10.6. The molecule has 0 saturated carbocycles. The van der Waals surface area contributed by atoms with E-state index in [0.29, 0.717) is 18.8 Å². The fourth-order valence-corrected chi connectivity index (χ4v) is 5.90. The number of rotatable bonds is 10. The van der Waals surface area contributed by atoms with Crippen molar-refractivity contribution in [2.24, 2.45) is 0 Å². The minimum absolute atomic E-state index is 0.0467. The first-order chi connectivity index (χ1) is 15.6. The Morgan fingerprint density at radius 3 is 2.75 bits per heavy atom. The number of thiazole rings is 1. The van der Waals surface area contributed by atoms with Crippen LogP contribution in [0.5, 0.6) is 0 Å². The van der Waals surface area contributed by atoms with Gasteiger partial charge in [0.2, 0.25) is 5.91 Å². The number of hydrogen-bond donors (Lipinski definition) is 1. The van der Waals surface area contributed by atoms with E-state index in [1.54, 1.807) is 29.2 Å². The van der Waals surface area contributed by atoms with Gasteiger partial charge in [-0.3, -0.25) is 4.79 Å². The van der Waals surface area contributed by atoms with Gasteiger partial charge in [-0.05, 0) is 24.6 Å². The quantitative estimate of drug-likeness (QED) is 0.254. The predicted molar refractivity (Wildman–Crippen MR) is 133 cm³/mol. The molecule has 0 bridgehead atoms. The number of nitrogens with zero attached hydrogens (tertiary/aromatic N) is 4. The van der Waals surface area contributed by atoms with Gasteiger partial charge in [-0.1, -0.05) is 72.1 Å². The standard InChI is InChI=1S/C23H23N5OS3/c1-3-13-24-21(29)16(2)31-22-27-26-20(28(22)14-17-9-5-4-6-10-17)15-30-23-25-18-11-7-8-12-19(18)32-23/h3-12,16H,1,13-15H2,2H3,(H,24,29). The lowest BCUT2D eigenvalue weighted by atomic mass is 10.2. The van der Waals surface area contributed by atoms with Crippen molar-refractivity contribution in [3.8, 4) is 0 Å². The lowest BCUT2D eigenvalue weighted by molar-refractivity contribution is -0.120. The van der Waals surface area contributed by atoms with Gasteiger partial charge in [0, 0.05) is 6.54 Å². The average Bonchev–Trinajstić information content (AvgIpc) is 3.40. The Balaban J connectivity index is 1.53. The number of carbonyl (C=O) groups excluding carboxylic acids is 1. The van der Waals surface area contributed by atoms with Gasteiger partial charge in [0.15, 0.2) is 9.50 Å². The summed E-state index contributed by atoms with van der Waals surface area (Å²) in [5.41, 5.74) is 2.17. The van der Waals surface area contributed by atoms with Crippen molar-refractivity contribution in [2.45, 2.75) is 34.0 Å². The van der Waals surface area contributed by atoms with Crippen LogP contribution in [0.3, 0.4) is 0 Å². The van der Waals surface area contributed by atoms with E-state index < -0.39 is 0 Å². The highest BCUT2D eigenvalue weighted by atomic mass is 32.2. The maximum atomic E-state index is 12.3. The third-order valence-corrected chi connectivity index (χ3v) is 7.90. The molecule has 0 aliphatic heterocycles. The van der Waals surface area contributed by atoms with Gasteiger partial charge < -0.3 is 9.88 Å². The zero-order valence-electron chi connectivity index (χ0n) is 17.6. The molecule has 2 aromatic heterocycles. The molecule has 0 aliphatic rings. The minimum atomic E-state index is -0.293. The smallest absolute Gasteiger partial charge is 0.233 e. The van der Waals surface area contributed by atoms with Gasteiger partial charge in [-0.25, -0.2) is 4.98 Å². The van der Waals surface area contributed by atoms with Gasteiger partial charge in [-0.15, -0.1) is 28.1 Å². The number of carbonyl (C=O) groups is 1. The largest absolute Gasteiger partial charge is 0.352 e. The summed E-state index contributed by atoms with van der Waals surface area (Å²) in [4.78, 5) is 17.0. The zero-order valence-corrected chi connectivity index (χ0v) is 20.1. The maximum Gasteiger partial charge on any atom is 0.233 e. The van der Waals surface area contributed by atoms with Crippen LogP contribution in [0.1, 0.15) is 18.3 Å². The van der Waals surface area contributed by atoms with Crippen LogP contribution >= 0.6 is 34.9 Å². The Labute approximate surface area is 199 Å². The van der Waals surface area contributed by atoms with Crippen molar-refractivity contribution >= 4 is 51.0 Å². The van der Waals surface area contributed by atoms with E-state index in [9.17, 15) is 4.79 Å². The first-order valence-corrected chi connectivity index (χ1v) is 12.8. The summed E-state index contributed by atoms with van der Waals surface area (Å²) in [6.45, 7) is 6.61. The molecule has 1 atom stereocenters. The van der Waals surface area contributed by atoms with Crippen molar-refractivity contribution in [2.75, 3.05) is 6.54 Å². The van der Waals surface area contributed by atoms with Crippen LogP contribution in [0.4, 0.5) is 0 Å². The van der Waals surface area contributed by atoms with Crippen LogP contribution in [0, 0.1) is 0 Å². The number of hydrogen-bond acceptors (Lipinski definition) is 7. The van der Waals surface area contributed by atoms with Gasteiger partial charge >= 0.3 is 0 Å². The number of nitrogens with one attached hydrogen (secondary N) is 1. The minimum Gasteiger partial charge on any atom is -0.352 e. The van der Waals surface area contributed by atoms with Crippen molar-refractivity contribution in [1.29, 1.82) is 0 Å². The molecule has 1 unspecified atom stereocenters. The van der Waals surface area contributed by atoms with E-state index in [1.165, 1.54) is 16.5 Å². The third kappa shape index (κ3) is 5.59. The summed E-state index contributed by atoms with van der Waals surface area (Å²) >= 11 is 4.76. The molecule has 1 N–H and O–H groups in total. The van der Waals surface area contributed by atoms with Crippen LogP contribution in [0.2, 0.25) is 0 Å². The number of fused-ring (bicyclic) bond motifs is 1. The molecule has 0 fully saturated rings. The Morgan fingerprint density at radius 2 is 1.97 bits per heavy atom. The zero-order chi connectivity index (χ0) is 22.3. The van der Waals surface area contributed by atoms with E-state index >= 15 is 0 Å². The highest BCUT2D eigenvalue weighted by molar-refractivity contribution is 8.00. The molecule has 164 valence electrons. The molecule has 1 amide bonds. The molecule has 0 spiro atoms. The van der Waals surface area contributed by atoms with Crippen LogP contribution in [0.15, 0.2) is 76.7 Å². The van der Waals surface area contributed by atoms with E-state index in [2.05, 4.69) is 44.9 Å². The molecule has 2 aromatic carbocycles. The molecular weight excluding hydrogens is 458 g/mol. The Morgan fingerprint density at radius 1 is 1.19 bits per heavy atom. The van der Waals surface area contributed by atoms with E-state index in [4.69, 9.17) is 4.98 Å². The van der Waals surface area contributed by atoms with Crippen LogP contribution in [0.25, 0.3) is 10.2 Å². The molecule has 9 heteroatoms. The molecule has 2 heterocycles. The van der Waals surface area contributed by atoms with Gasteiger partial charge in [0.25, 0.3) is 0 Å². The first-order valence-electron chi connectivity index (χ1n) is 10.1. The molecule has 4 aromatic rings. The Bertz CT molecular complexity index is 1170. The van der Waals surface area contributed by atoms with Crippen molar-refractivity contribution < 1.29 is 4.79 Å². The fourth-order valence-electron chi connectivity index (χ4n) is 3.00. The van der Waals surface area contributed by atoms with Crippen LogP contribution in [-0.2, 0) is 17.1 Å². The number of para-hydroxylation sites is 1. The van der Waals surface area contributed by atoms with Crippen molar-refractivity contribution in [3.63, 3.8) is 0 Å². The van der Waals surface area contributed by atoms with E-state index in [1.807, 2.05) is 43.3 Å². The summed E-state index contributed by atoms with van der Waals surface area (Å²) in [5, 5.41) is 12.2. The van der Waals surface area contributed by atoms with Crippen LogP contribution in [-0.4, -0.2) is 37.5 Å². The lowest BCUT2D eigenvalue weighted by Gasteiger charge is -2.13. The van der Waals surface area contributed by atoms with Gasteiger partial charge in [0.1, 0.15) is 5.82 Å². The van der Waals surface area contributed by atoms with Crippen molar-refractivity contribution in [3.05, 3.63) is 78.6 Å². The number of benzene rings is 2. The van der Waals surface area contributed by atoms with Gasteiger partial charge in [0.05, 0.1) is 27.8 Å². The summed E-state index contributed by atoms with van der Waals surface area (Å²) in [7, 11) is 0. The topological polar surface area (TPSA) is 72.7 Å². The number of thioether (sulfide) groups is 2. The van der Waals surface area contributed by atoms with Crippen LogP contribution < -0.4 is 5.32 Å². The van der Waals surface area contributed by atoms with E-state index in [-0.39, 0.29) is 11.2 Å². The fraction of sp³-hybridized carbons (Fsp3) is 0.217. The second kappa shape index (κ2) is 10.8. The highest BCUT2D eigenvalue weighted by Gasteiger charge is 2.20. The molecule has 4 rings (SSSR count). The predicted octanol–water partition coefficient (Wildman–Crippen LogP) is 5.01. The Kier molecular flexibility index (Phi) is 7.62. The first kappa shape index (κ1) is 22.6. The van der Waals surface area contributed by atoms with Gasteiger partial charge in [-0.2, -0.15) is 0 Å². The molecule has 6 nitrogen and oxygen atoms in total. The second-order valence-electron chi connectivity index (χ2n) is 7.00. The maximum absolute atomic E-state index is 12.3. The lowest BCUT2D eigenvalue weighted by Crippen LogP contribution is -2.31.